The zero-order chi connectivity index (χ0) is 13.8. The molecule has 1 aliphatic carbocycles. The van der Waals surface area contributed by atoms with Gasteiger partial charge in [-0.05, 0) is 37.0 Å². The Morgan fingerprint density at radius 1 is 0.947 bits per heavy atom. The van der Waals surface area contributed by atoms with Gasteiger partial charge in [-0.25, -0.2) is 0 Å². The summed E-state index contributed by atoms with van der Waals surface area (Å²) < 4.78 is 0. The van der Waals surface area contributed by atoms with Gasteiger partial charge in [0.05, 0.1) is 5.25 Å². The molecule has 0 bridgehead atoms. The fourth-order valence-corrected chi connectivity index (χ4v) is 4.47. The van der Waals surface area contributed by atoms with E-state index in [9.17, 15) is 4.79 Å². The molecule has 0 aromatic carbocycles. The number of ketones is 1. The Morgan fingerprint density at radius 2 is 1.58 bits per heavy atom. The van der Waals surface area contributed by atoms with Crippen molar-refractivity contribution in [3.05, 3.63) is 0 Å². The van der Waals surface area contributed by atoms with E-state index in [1.165, 1.54) is 57.1 Å². The standard InChI is InChI=1S/C16H30OS2/c1-18-13-10-14-19-16-12-9-7-5-3-2-4-6-8-11-15(16)17/h16H,2-14H2,1H3. The van der Waals surface area contributed by atoms with Crippen LogP contribution in [0.1, 0.15) is 70.6 Å². The average Bonchev–Trinajstić information content (AvgIpc) is 2.41. The molecule has 0 aromatic rings. The van der Waals surface area contributed by atoms with Gasteiger partial charge in [-0.3, -0.25) is 4.79 Å². The fraction of sp³-hybridized carbons (Fsp3) is 0.938. The van der Waals surface area contributed by atoms with Crippen molar-refractivity contribution in [3.8, 4) is 0 Å². The van der Waals surface area contributed by atoms with Crippen LogP contribution in [0.5, 0.6) is 0 Å². The molecular weight excluding hydrogens is 272 g/mol. The zero-order valence-corrected chi connectivity index (χ0v) is 14.1. The highest BCUT2D eigenvalue weighted by molar-refractivity contribution is 8.00. The summed E-state index contributed by atoms with van der Waals surface area (Å²) in [6.07, 6.45) is 15.8. The molecule has 1 aliphatic rings. The van der Waals surface area contributed by atoms with Gasteiger partial charge in [-0.1, -0.05) is 44.9 Å². The van der Waals surface area contributed by atoms with Crippen molar-refractivity contribution in [1.82, 2.24) is 0 Å². The maximum Gasteiger partial charge on any atom is 0.145 e. The van der Waals surface area contributed by atoms with E-state index in [4.69, 9.17) is 0 Å². The molecule has 0 heterocycles. The predicted molar refractivity (Wildman–Crippen MR) is 90.4 cm³/mol. The molecule has 0 spiro atoms. The van der Waals surface area contributed by atoms with Gasteiger partial charge in [0.1, 0.15) is 5.78 Å². The zero-order valence-electron chi connectivity index (χ0n) is 12.5. The normalized spacial score (nSPS) is 23.6. The van der Waals surface area contributed by atoms with Crippen molar-refractivity contribution in [2.45, 2.75) is 75.9 Å². The summed E-state index contributed by atoms with van der Waals surface area (Å²) in [5.74, 6) is 2.93. The minimum atomic E-state index is 0.307. The minimum Gasteiger partial charge on any atom is -0.298 e. The second-order valence-corrected chi connectivity index (χ2v) is 7.84. The van der Waals surface area contributed by atoms with Crippen LogP contribution in [0.25, 0.3) is 0 Å². The van der Waals surface area contributed by atoms with Crippen LogP contribution in [0.2, 0.25) is 0 Å². The molecule has 0 radical (unpaired) electrons. The van der Waals surface area contributed by atoms with E-state index in [-0.39, 0.29) is 0 Å². The summed E-state index contributed by atoms with van der Waals surface area (Å²) >= 11 is 3.84. The molecule has 1 rings (SSSR count). The molecule has 0 N–H and O–H groups in total. The number of hydrogen-bond donors (Lipinski definition) is 0. The van der Waals surface area contributed by atoms with E-state index >= 15 is 0 Å². The molecule has 3 heteroatoms. The van der Waals surface area contributed by atoms with Crippen LogP contribution < -0.4 is 0 Å². The second kappa shape index (κ2) is 12.1. The third-order valence-electron chi connectivity index (χ3n) is 3.81. The van der Waals surface area contributed by atoms with Crippen molar-refractivity contribution >= 4 is 29.3 Å². The van der Waals surface area contributed by atoms with E-state index in [1.54, 1.807) is 0 Å². The SMILES string of the molecule is CSCCCSC1CCCCCCCCCCC1=O. The van der Waals surface area contributed by atoms with E-state index in [1.807, 2.05) is 23.5 Å². The summed E-state index contributed by atoms with van der Waals surface area (Å²) in [4.78, 5) is 12.3. The minimum absolute atomic E-state index is 0.307. The highest BCUT2D eigenvalue weighted by atomic mass is 32.2. The Labute approximate surface area is 128 Å². The number of thioether (sulfide) groups is 2. The van der Waals surface area contributed by atoms with Crippen LogP contribution in [-0.4, -0.2) is 28.8 Å². The quantitative estimate of drug-likeness (QED) is 0.639. The lowest BCUT2D eigenvalue weighted by atomic mass is 10.00. The fourth-order valence-electron chi connectivity index (χ4n) is 2.62. The summed E-state index contributed by atoms with van der Waals surface area (Å²) in [5.41, 5.74) is 0. The van der Waals surface area contributed by atoms with Gasteiger partial charge >= 0.3 is 0 Å². The molecule has 0 saturated heterocycles. The van der Waals surface area contributed by atoms with Crippen LogP contribution in [0.3, 0.4) is 0 Å². The summed E-state index contributed by atoms with van der Waals surface area (Å²) in [7, 11) is 0. The smallest absolute Gasteiger partial charge is 0.145 e. The number of rotatable bonds is 5. The van der Waals surface area contributed by atoms with Crippen LogP contribution >= 0.6 is 23.5 Å². The Bertz CT molecular complexity index is 229. The van der Waals surface area contributed by atoms with Gasteiger partial charge in [0, 0.05) is 6.42 Å². The van der Waals surface area contributed by atoms with Crippen molar-refractivity contribution in [1.29, 1.82) is 0 Å². The van der Waals surface area contributed by atoms with E-state index in [0.717, 1.165) is 25.0 Å². The first-order valence-corrected chi connectivity index (χ1v) is 10.4. The van der Waals surface area contributed by atoms with Gasteiger partial charge in [0.15, 0.2) is 0 Å². The predicted octanol–water partition coefficient (Wildman–Crippen LogP) is 5.33. The Hall–Kier alpha value is 0.370. The van der Waals surface area contributed by atoms with Crippen LogP contribution in [-0.2, 0) is 4.79 Å². The molecule has 1 atom stereocenters. The lowest BCUT2D eigenvalue weighted by molar-refractivity contribution is -0.118. The summed E-state index contributed by atoms with van der Waals surface area (Å²) in [5, 5.41) is 0.307. The first-order valence-electron chi connectivity index (χ1n) is 7.98. The van der Waals surface area contributed by atoms with Crippen LogP contribution in [0.15, 0.2) is 0 Å². The molecule has 0 aromatic heterocycles. The maximum absolute atomic E-state index is 12.3. The molecule has 0 aliphatic heterocycles. The number of hydrogen-bond acceptors (Lipinski definition) is 3. The molecule has 19 heavy (non-hydrogen) atoms. The molecule has 112 valence electrons. The number of Topliss-reactive ketones (excluding diaryl/α,β-unsaturated/α-hetero) is 1. The third kappa shape index (κ3) is 9.01. The molecule has 1 saturated carbocycles. The molecule has 1 nitrogen and oxygen atoms in total. The topological polar surface area (TPSA) is 17.1 Å². The summed E-state index contributed by atoms with van der Waals surface area (Å²) in [6, 6.07) is 0. The van der Waals surface area contributed by atoms with E-state index in [0.29, 0.717) is 11.0 Å². The summed E-state index contributed by atoms with van der Waals surface area (Å²) in [6.45, 7) is 0. The number of carbonyl (C=O) groups is 1. The third-order valence-corrected chi connectivity index (χ3v) is 5.93. The van der Waals surface area contributed by atoms with Crippen molar-refractivity contribution < 1.29 is 4.79 Å². The van der Waals surface area contributed by atoms with Crippen molar-refractivity contribution in [3.63, 3.8) is 0 Å². The number of carbonyl (C=O) groups excluding carboxylic acids is 1. The first-order chi connectivity index (χ1) is 9.34. The van der Waals surface area contributed by atoms with Gasteiger partial charge in [-0.2, -0.15) is 23.5 Å². The average molecular weight is 303 g/mol. The monoisotopic (exact) mass is 302 g/mol. The molecule has 0 amide bonds. The molecule has 1 fully saturated rings. The van der Waals surface area contributed by atoms with E-state index < -0.39 is 0 Å². The highest BCUT2D eigenvalue weighted by Gasteiger charge is 2.18. The van der Waals surface area contributed by atoms with Crippen molar-refractivity contribution in [2.75, 3.05) is 17.8 Å². The Morgan fingerprint density at radius 3 is 2.26 bits per heavy atom. The van der Waals surface area contributed by atoms with Gasteiger partial charge in [0.25, 0.3) is 0 Å². The van der Waals surface area contributed by atoms with Crippen LogP contribution in [0, 0.1) is 0 Å². The van der Waals surface area contributed by atoms with Gasteiger partial charge in [-0.15, -0.1) is 0 Å². The molecule has 1 unspecified atom stereocenters. The largest absolute Gasteiger partial charge is 0.298 e. The Balaban J connectivity index is 2.31. The van der Waals surface area contributed by atoms with Crippen molar-refractivity contribution in [2.24, 2.45) is 0 Å². The van der Waals surface area contributed by atoms with Gasteiger partial charge < -0.3 is 0 Å². The molecular formula is C16H30OS2. The first kappa shape index (κ1) is 17.4. The second-order valence-electron chi connectivity index (χ2n) is 5.54. The van der Waals surface area contributed by atoms with Gasteiger partial charge in [0.2, 0.25) is 0 Å². The Kier molecular flexibility index (Phi) is 11.1. The highest BCUT2D eigenvalue weighted by Crippen LogP contribution is 2.24. The maximum atomic E-state index is 12.3. The lowest BCUT2D eigenvalue weighted by Gasteiger charge is -2.16. The lowest BCUT2D eigenvalue weighted by Crippen LogP contribution is -2.18. The van der Waals surface area contributed by atoms with Crippen LogP contribution in [0.4, 0.5) is 0 Å². The van der Waals surface area contributed by atoms with E-state index in [2.05, 4.69) is 6.26 Å².